The van der Waals surface area contributed by atoms with E-state index in [-0.39, 0.29) is 5.60 Å². The molecule has 2 fully saturated rings. The number of hydrogen-bond acceptors (Lipinski definition) is 2. The Balaban J connectivity index is 1.62. The van der Waals surface area contributed by atoms with Gasteiger partial charge in [-0.05, 0) is 44.6 Å². The molecule has 0 unspecified atom stereocenters. The van der Waals surface area contributed by atoms with Gasteiger partial charge in [-0.1, -0.05) is 32.1 Å². The summed E-state index contributed by atoms with van der Waals surface area (Å²) in [6, 6.07) is 0. The predicted molar refractivity (Wildman–Crippen MR) is 72.3 cm³/mol. The molecule has 17 heavy (non-hydrogen) atoms. The van der Waals surface area contributed by atoms with Crippen LogP contribution >= 0.6 is 0 Å². The lowest BCUT2D eigenvalue weighted by Gasteiger charge is -2.41. The van der Waals surface area contributed by atoms with Crippen molar-refractivity contribution in [3.05, 3.63) is 0 Å². The summed E-state index contributed by atoms with van der Waals surface area (Å²) in [4.78, 5) is 0. The molecule has 2 saturated carbocycles. The Hall–Kier alpha value is -0.0800. The van der Waals surface area contributed by atoms with E-state index in [0.29, 0.717) is 0 Å². The maximum absolute atomic E-state index is 5.65. The quantitative estimate of drug-likeness (QED) is 0.793. The zero-order chi connectivity index (χ0) is 12.0. The highest BCUT2D eigenvalue weighted by Crippen LogP contribution is 2.34. The van der Waals surface area contributed by atoms with Crippen molar-refractivity contribution in [2.45, 2.75) is 69.8 Å². The van der Waals surface area contributed by atoms with Gasteiger partial charge in [0.05, 0.1) is 5.60 Å². The Morgan fingerprint density at radius 2 is 1.65 bits per heavy atom. The molecule has 2 aliphatic rings. The second-order valence-corrected chi connectivity index (χ2v) is 6.08. The van der Waals surface area contributed by atoms with Crippen LogP contribution in [-0.4, -0.2) is 25.8 Å². The van der Waals surface area contributed by atoms with Crippen molar-refractivity contribution in [2.24, 2.45) is 5.92 Å². The lowest BCUT2D eigenvalue weighted by atomic mass is 9.80. The molecule has 0 saturated heterocycles. The first-order valence-corrected chi connectivity index (χ1v) is 7.60. The highest BCUT2D eigenvalue weighted by Gasteiger charge is 2.36. The van der Waals surface area contributed by atoms with Crippen molar-refractivity contribution in [2.75, 3.05) is 20.2 Å². The average Bonchev–Trinajstić information content (AvgIpc) is 2.24. The van der Waals surface area contributed by atoms with Gasteiger partial charge >= 0.3 is 0 Å². The first-order valence-electron chi connectivity index (χ1n) is 7.60. The second-order valence-electron chi connectivity index (χ2n) is 6.08. The van der Waals surface area contributed by atoms with Crippen LogP contribution in [0.2, 0.25) is 0 Å². The maximum Gasteiger partial charge on any atom is 0.0802 e. The van der Waals surface area contributed by atoms with E-state index in [1.165, 1.54) is 70.8 Å². The molecule has 0 aliphatic heterocycles. The zero-order valence-electron chi connectivity index (χ0n) is 11.5. The van der Waals surface area contributed by atoms with Crippen molar-refractivity contribution in [1.82, 2.24) is 5.32 Å². The Bertz CT molecular complexity index is 199. The standard InChI is InChI=1S/C15H29NO/c1-17-15(10-7-11-15)13-16-12-14-8-5-3-2-4-6-9-14/h14,16H,2-13H2,1H3. The van der Waals surface area contributed by atoms with Gasteiger partial charge in [0.2, 0.25) is 0 Å². The molecule has 0 radical (unpaired) electrons. The summed E-state index contributed by atoms with van der Waals surface area (Å²) in [5, 5.41) is 3.67. The van der Waals surface area contributed by atoms with Crippen LogP contribution in [0, 0.1) is 5.92 Å². The topological polar surface area (TPSA) is 21.3 Å². The third kappa shape index (κ3) is 3.96. The van der Waals surface area contributed by atoms with Crippen molar-refractivity contribution < 1.29 is 4.74 Å². The van der Waals surface area contributed by atoms with Crippen LogP contribution < -0.4 is 5.32 Å². The van der Waals surface area contributed by atoms with E-state index in [2.05, 4.69) is 5.32 Å². The van der Waals surface area contributed by atoms with E-state index in [1.807, 2.05) is 7.11 Å². The molecular weight excluding hydrogens is 210 g/mol. The number of ether oxygens (including phenoxy) is 1. The molecule has 2 aliphatic carbocycles. The summed E-state index contributed by atoms with van der Waals surface area (Å²) in [7, 11) is 1.87. The third-order valence-corrected chi connectivity index (χ3v) is 4.80. The van der Waals surface area contributed by atoms with E-state index < -0.39 is 0 Å². The van der Waals surface area contributed by atoms with Crippen LogP contribution in [0.1, 0.15) is 64.2 Å². The smallest absolute Gasteiger partial charge is 0.0802 e. The van der Waals surface area contributed by atoms with Gasteiger partial charge in [-0.2, -0.15) is 0 Å². The Kier molecular flexibility index (Phi) is 5.30. The van der Waals surface area contributed by atoms with Crippen LogP contribution in [0.25, 0.3) is 0 Å². The van der Waals surface area contributed by atoms with Crippen LogP contribution in [-0.2, 0) is 4.74 Å². The number of hydrogen-bond donors (Lipinski definition) is 1. The molecule has 2 rings (SSSR count). The summed E-state index contributed by atoms with van der Waals surface area (Å²) in [6.45, 7) is 2.28. The SMILES string of the molecule is COC1(CNCC2CCCCCCC2)CCC1. The van der Waals surface area contributed by atoms with Crippen molar-refractivity contribution in [1.29, 1.82) is 0 Å². The zero-order valence-corrected chi connectivity index (χ0v) is 11.5. The molecule has 2 heteroatoms. The van der Waals surface area contributed by atoms with Gasteiger partial charge in [-0.3, -0.25) is 0 Å². The van der Waals surface area contributed by atoms with Gasteiger partial charge in [0.25, 0.3) is 0 Å². The van der Waals surface area contributed by atoms with Gasteiger partial charge in [0.1, 0.15) is 0 Å². The summed E-state index contributed by atoms with van der Waals surface area (Å²) < 4.78 is 5.65. The number of methoxy groups -OCH3 is 1. The first-order chi connectivity index (χ1) is 8.35. The van der Waals surface area contributed by atoms with E-state index >= 15 is 0 Å². The predicted octanol–water partition coefficient (Wildman–Crippen LogP) is 3.51. The Labute approximate surface area is 107 Å². The fourth-order valence-electron chi connectivity index (χ4n) is 3.27. The lowest BCUT2D eigenvalue weighted by molar-refractivity contribution is -0.0697. The maximum atomic E-state index is 5.65. The minimum absolute atomic E-state index is 0.196. The van der Waals surface area contributed by atoms with Gasteiger partial charge < -0.3 is 10.1 Å². The van der Waals surface area contributed by atoms with Gasteiger partial charge in [-0.25, -0.2) is 0 Å². The molecule has 0 aromatic carbocycles. The number of nitrogens with one attached hydrogen (secondary N) is 1. The molecule has 0 bridgehead atoms. The molecule has 0 spiro atoms. The summed E-state index contributed by atoms with van der Waals surface area (Å²) >= 11 is 0. The Morgan fingerprint density at radius 3 is 2.18 bits per heavy atom. The minimum atomic E-state index is 0.196. The Morgan fingerprint density at radius 1 is 1.00 bits per heavy atom. The highest BCUT2D eigenvalue weighted by atomic mass is 16.5. The normalized spacial score (nSPS) is 25.9. The molecule has 2 nitrogen and oxygen atoms in total. The molecule has 0 aromatic heterocycles. The van der Waals surface area contributed by atoms with Crippen LogP contribution in [0.15, 0.2) is 0 Å². The molecule has 0 heterocycles. The van der Waals surface area contributed by atoms with Crippen molar-refractivity contribution in [3.8, 4) is 0 Å². The second kappa shape index (κ2) is 6.75. The molecule has 0 aromatic rings. The van der Waals surface area contributed by atoms with Crippen LogP contribution in [0.3, 0.4) is 0 Å². The van der Waals surface area contributed by atoms with Gasteiger partial charge in [-0.15, -0.1) is 0 Å². The first kappa shape index (κ1) is 13.4. The van der Waals surface area contributed by atoms with Crippen molar-refractivity contribution in [3.63, 3.8) is 0 Å². The molecule has 0 atom stereocenters. The third-order valence-electron chi connectivity index (χ3n) is 4.80. The van der Waals surface area contributed by atoms with Gasteiger partial charge in [0.15, 0.2) is 0 Å². The van der Waals surface area contributed by atoms with E-state index in [9.17, 15) is 0 Å². The monoisotopic (exact) mass is 239 g/mol. The largest absolute Gasteiger partial charge is 0.377 e. The molecular formula is C15H29NO. The van der Waals surface area contributed by atoms with Crippen molar-refractivity contribution >= 4 is 0 Å². The summed E-state index contributed by atoms with van der Waals surface area (Å²) in [5.41, 5.74) is 0.196. The molecule has 1 N–H and O–H groups in total. The average molecular weight is 239 g/mol. The van der Waals surface area contributed by atoms with E-state index in [4.69, 9.17) is 4.74 Å². The molecule has 0 amide bonds. The number of rotatable bonds is 5. The minimum Gasteiger partial charge on any atom is -0.377 e. The summed E-state index contributed by atoms with van der Waals surface area (Å²) in [6.07, 6.45) is 14.0. The fraction of sp³-hybridized carbons (Fsp3) is 1.00. The molecule has 100 valence electrons. The summed E-state index contributed by atoms with van der Waals surface area (Å²) in [5.74, 6) is 0.921. The van der Waals surface area contributed by atoms with Crippen LogP contribution in [0.5, 0.6) is 0 Å². The van der Waals surface area contributed by atoms with E-state index in [1.54, 1.807) is 0 Å². The fourth-order valence-corrected chi connectivity index (χ4v) is 3.27. The lowest BCUT2D eigenvalue weighted by Crippen LogP contribution is -2.48. The highest BCUT2D eigenvalue weighted by molar-refractivity contribution is 4.91. The van der Waals surface area contributed by atoms with Crippen LogP contribution in [0.4, 0.5) is 0 Å². The van der Waals surface area contributed by atoms with Gasteiger partial charge in [0, 0.05) is 13.7 Å². The van der Waals surface area contributed by atoms with E-state index in [0.717, 1.165) is 12.5 Å².